The number of rotatable bonds is 4. The second kappa shape index (κ2) is 6.11. The zero-order valence-electron chi connectivity index (χ0n) is 11.9. The third-order valence-corrected chi connectivity index (χ3v) is 4.32. The molecule has 0 saturated heterocycles. The Morgan fingerprint density at radius 3 is 2.68 bits per heavy atom. The summed E-state index contributed by atoms with van der Waals surface area (Å²) in [6.45, 7) is 2.47. The van der Waals surface area contributed by atoms with Gasteiger partial charge in [0.25, 0.3) is 5.69 Å². The van der Waals surface area contributed by atoms with Gasteiger partial charge in [0, 0.05) is 21.9 Å². The highest BCUT2D eigenvalue weighted by molar-refractivity contribution is 7.99. The summed E-state index contributed by atoms with van der Waals surface area (Å²) in [6.07, 6.45) is 3.87. The topological polar surface area (TPSA) is 64.4 Å². The molecule has 1 aliphatic rings. The predicted molar refractivity (Wildman–Crippen MR) is 87.3 cm³/mol. The highest BCUT2D eigenvalue weighted by Crippen LogP contribution is 2.46. The molecule has 22 heavy (non-hydrogen) atoms. The van der Waals surface area contributed by atoms with E-state index in [0.29, 0.717) is 6.61 Å². The molecule has 5 nitrogen and oxygen atoms in total. The molecular weight excluding hydrogens is 300 g/mol. The van der Waals surface area contributed by atoms with E-state index in [1.54, 1.807) is 12.1 Å². The molecule has 0 amide bonds. The van der Waals surface area contributed by atoms with Crippen LogP contribution in [-0.2, 0) is 0 Å². The molecule has 0 aliphatic carbocycles. The summed E-state index contributed by atoms with van der Waals surface area (Å²) in [5.74, 6) is 0.778. The van der Waals surface area contributed by atoms with Crippen LogP contribution in [-0.4, -0.2) is 11.5 Å². The van der Waals surface area contributed by atoms with E-state index in [9.17, 15) is 10.1 Å². The van der Waals surface area contributed by atoms with Crippen LogP contribution in [0.3, 0.4) is 0 Å². The summed E-state index contributed by atoms with van der Waals surface area (Å²) in [7, 11) is 0. The van der Waals surface area contributed by atoms with Gasteiger partial charge in [0.15, 0.2) is 0 Å². The molecular formula is C16H14N2O3S. The first-order chi connectivity index (χ1) is 10.7. The van der Waals surface area contributed by atoms with Gasteiger partial charge in [-0.05, 0) is 31.2 Å². The molecule has 112 valence electrons. The predicted octanol–water partition coefficient (Wildman–Crippen LogP) is 4.76. The van der Waals surface area contributed by atoms with Gasteiger partial charge in [0.2, 0.25) is 0 Å². The molecule has 0 radical (unpaired) electrons. The number of allylic oxidation sites excluding steroid dienone is 1. The minimum absolute atomic E-state index is 0.0944. The molecule has 1 aliphatic heterocycles. The normalized spacial score (nSPS) is 12.4. The van der Waals surface area contributed by atoms with E-state index >= 15 is 0 Å². The maximum atomic E-state index is 10.9. The summed E-state index contributed by atoms with van der Waals surface area (Å²) in [5.41, 5.74) is 1.95. The first-order valence-corrected chi connectivity index (χ1v) is 7.60. The van der Waals surface area contributed by atoms with Crippen molar-refractivity contribution in [3.05, 3.63) is 58.7 Å². The van der Waals surface area contributed by atoms with Crippen LogP contribution in [0.2, 0.25) is 0 Å². The van der Waals surface area contributed by atoms with Gasteiger partial charge in [-0.2, -0.15) is 0 Å². The van der Waals surface area contributed by atoms with E-state index in [1.807, 2.05) is 37.3 Å². The molecule has 1 heterocycles. The van der Waals surface area contributed by atoms with E-state index in [0.717, 1.165) is 26.9 Å². The molecule has 6 heteroatoms. The first kappa shape index (κ1) is 14.5. The molecule has 3 rings (SSSR count). The van der Waals surface area contributed by atoms with Gasteiger partial charge in [0.1, 0.15) is 12.4 Å². The number of benzene rings is 2. The van der Waals surface area contributed by atoms with E-state index < -0.39 is 0 Å². The molecule has 2 aromatic rings. The fraction of sp³-hybridized carbons (Fsp3) is 0.125. The lowest BCUT2D eigenvalue weighted by Crippen LogP contribution is -2.01. The minimum atomic E-state index is -0.382. The second-order valence-corrected chi connectivity index (χ2v) is 5.79. The third-order valence-electron chi connectivity index (χ3n) is 3.20. The van der Waals surface area contributed by atoms with Crippen molar-refractivity contribution in [3.63, 3.8) is 0 Å². The zero-order chi connectivity index (χ0) is 15.5. The minimum Gasteiger partial charge on any atom is -0.490 e. The summed E-state index contributed by atoms with van der Waals surface area (Å²) in [5, 5.41) is 14.2. The van der Waals surface area contributed by atoms with Crippen molar-refractivity contribution in [1.82, 2.24) is 0 Å². The summed E-state index contributed by atoms with van der Waals surface area (Å²) in [4.78, 5) is 12.3. The summed E-state index contributed by atoms with van der Waals surface area (Å²) >= 11 is 1.50. The van der Waals surface area contributed by atoms with E-state index in [1.165, 1.54) is 17.8 Å². The Kier molecular flexibility index (Phi) is 4.02. The van der Waals surface area contributed by atoms with Crippen LogP contribution in [0.1, 0.15) is 6.92 Å². The van der Waals surface area contributed by atoms with Gasteiger partial charge in [-0.1, -0.05) is 23.9 Å². The van der Waals surface area contributed by atoms with Gasteiger partial charge < -0.3 is 10.1 Å². The molecule has 0 aromatic heterocycles. The molecule has 2 aromatic carbocycles. The Balaban J connectivity index is 1.86. The number of hydrogen-bond acceptors (Lipinski definition) is 5. The fourth-order valence-corrected chi connectivity index (χ4v) is 3.15. The Morgan fingerprint density at radius 1 is 1.23 bits per heavy atom. The average Bonchev–Trinajstić information content (AvgIpc) is 2.52. The molecule has 0 atom stereocenters. The number of nitrogens with one attached hydrogen (secondary N) is 1. The van der Waals surface area contributed by atoms with Gasteiger partial charge in [-0.3, -0.25) is 10.1 Å². The maximum absolute atomic E-state index is 10.9. The Hall–Kier alpha value is -2.47. The number of anilines is 2. The van der Waals surface area contributed by atoms with E-state index in [2.05, 4.69) is 5.32 Å². The lowest BCUT2D eigenvalue weighted by molar-refractivity contribution is -0.385. The molecule has 0 fully saturated rings. The van der Waals surface area contributed by atoms with Gasteiger partial charge in [-0.15, -0.1) is 0 Å². The standard InChI is InChI=1S/C16H14N2O3S/c1-2-3-8-21-12-5-7-14-16(10-12)22-15-9-11(18(19)20)4-6-13(15)17-14/h2-7,9-10,17H,8H2,1H3/b3-2+. The summed E-state index contributed by atoms with van der Waals surface area (Å²) in [6, 6.07) is 10.6. The van der Waals surface area contributed by atoms with Crippen LogP contribution in [0.4, 0.5) is 17.1 Å². The van der Waals surface area contributed by atoms with Crippen LogP contribution in [0.5, 0.6) is 5.75 Å². The Morgan fingerprint density at radius 2 is 1.95 bits per heavy atom. The number of nitro benzene ring substituents is 1. The van der Waals surface area contributed by atoms with Gasteiger partial charge >= 0.3 is 0 Å². The van der Waals surface area contributed by atoms with Crippen LogP contribution >= 0.6 is 11.8 Å². The quantitative estimate of drug-likeness (QED) is 0.427. The largest absolute Gasteiger partial charge is 0.490 e. The third kappa shape index (κ3) is 2.92. The lowest BCUT2D eigenvalue weighted by atomic mass is 10.2. The maximum Gasteiger partial charge on any atom is 0.270 e. The van der Waals surface area contributed by atoms with Crippen molar-refractivity contribution < 1.29 is 9.66 Å². The Bertz CT molecular complexity index is 759. The molecule has 0 spiro atoms. The highest BCUT2D eigenvalue weighted by Gasteiger charge is 2.19. The van der Waals surface area contributed by atoms with Crippen LogP contribution in [0.15, 0.2) is 58.3 Å². The van der Waals surface area contributed by atoms with Gasteiger partial charge in [-0.25, -0.2) is 0 Å². The fourth-order valence-electron chi connectivity index (χ4n) is 2.10. The number of nitro groups is 1. The SMILES string of the molecule is C/C=C/COc1ccc2c(c1)Sc1cc([N+](=O)[O-])ccc1N2. The van der Waals surface area contributed by atoms with Crippen LogP contribution in [0, 0.1) is 10.1 Å². The first-order valence-electron chi connectivity index (χ1n) is 6.78. The van der Waals surface area contributed by atoms with Crippen LogP contribution < -0.4 is 10.1 Å². The molecule has 1 N–H and O–H groups in total. The Labute approximate surface area is 132 Å². The summed E-state index contributed by atoms with van der Waals surface area (Å²) < 4.78 is 5.63. The van der Waals surface area contributed by atoms with Crippen molar-refractivity contribution >= 4 is 28.8 Å². The second-order valence-electron chi connectivity index (χ2n) is 4.70. The van der Waals surface area contributed by atoms with Crippen LogP contribution in [0.25, 0.3) is 0 Å². The van der Waals surface area contributed by atoms with Crippen molar-refractivity contribution in [2.24, 2.45) is 0 Å². The monoisotopic (exact) mass is 314 g/mol. The zero-order valence-corrected chi connectivity index (χ0v) is 12.7. The van der Waals surface area contributed by atoms with Crippen molar-refractivity contribution in [2.75, 3.05) is 11.9 Å². The van der Waals surface area contributed by atoms with E-state index in [4.69, 9.17) is 4.74 Å². The number of fused-ring (bicyclic) bond motifs is 2. The molecule has 0 bridgehead atoms. The van der Waals surface area contributed by atoms with Crippen molar-refractivity contribution in [1.29, 1.82) is 0 Å². The van der Waals surface area contributed by atoms with E-state index in [-0.39, 0.29) is 10.6 Å². The lowest BCUT2D eigenvalue weighted by Gasteiger charge is -2.21. The number of nitrogens with zero attached hydrogens (tertiary/aromatic N) is 1. The van der Waals surface area contributed by atoms with Gasteiger partial charge in [0.05, 0.1) is 16.3 Å². The number of hydrogen-bond donors (Lipinski definition) is 1. The van der Waals surface area contributed by atoms with Crippen molar-refractivity contribution in [3.8, 4) is 5.75 Å². The molecule has 0 unspecified atom stereocenters. The number of non-ortho nitro benzene ring substituents is 1. The number of ether oxygens (including phenoxy) is 1. The smallest absolute Gasteiger partial charge is 0.270 e. The average molecular weight is 314 g/mol. The van der Waals surface area contributed by atoms with Crippen molar-refractivity contribution in [2.45, 2.75) is 16.7 Å². The molecule has 0 saturated carbocycles. The highest BCUT2D eigenvalue weighted by atomic mass is 32.2.